The van der Waals surface area contributed by atoms with E-state index in [1.165, 1.54) is 0 Å². The molecule has 0 radical (unpaired) electrons. The van der Waals surface area contributed by atoms with Crippen LogP contribution < -0.4 is 20.1 Å². The molecule has 0 atom stereocenters. The number of aromatic nitrogens is 2. The summed E-state index contributed by atoms with van der Waals surface area (Å²) in [4.78, 5) is 11.8. The number of ether oxygens (including phenoxy) is 2. The van der Waals surface area contributed by atoms with Crippen LogP contribution in [0, 0.1) is 0 Å². The Morgan fingerprint density at radius 3 is 2.50 bits per heavy atom. The summed E-state index contributed by atoms with van der Waals surface area (Å²) in [6, 6.07) is 7.14. The van der Waals surface area contributed by atoms with Crippen LogP contribution in [0.3, 0.4) is 0 Å². The smallest absolute Gasteiger partial charge is 0.315 e. The van der Waals surface area contributed by atoms with Crippen LogP contribution in [-0.2, 0) is 20.1 Å². The lowest BCUT2D eigenvalue weighted by atomic mass is 10.2. The first-order valence-electron chi connectivity index (χ1n) is 6.83. The SMILES string of the molecule is COc1ccc(CNC(=O)NCc2ccnn2C)cc1OC. The zero-order valence-corrected chi connectivity index (χ0v) is 12.9. The minimum atomic E-state index is -0.240. The number of urea groups is 1. The van der Waals surface area contributed by atoms with Gasteiger partial charge in [0.1, 0.15) is 0 Å². The van der Waals surface area contributed by atoms with E-state index in [1.54, 1.807) is 25.1 Å². The van der Waals surface area contributed by atoms with E-state index in [9.17, 15) is 4.79 Å². The average molecular weight is 304 g/mol. The molecule has 1 aromatic heterocycles. The van der Waals surface area contributed by atoms with Crippen LogP contribution in [0.5, 0.6) is 11.5 Å². The summed E-state index contributed by atoms with van der Waals surface area (Å²) >= 11 is 0. The predicted octanol–water partition coefficient (Wildman–Crippen LogP) is 1.44. The number of hydrogen-bond donors (Lipinski definition) is 2. The van der Waals surface area contributed by atoms with Gasteiger partial charge in [-0.2, -0.15) is 5.10 Å². The van der Waals surface area contributed by atoms with Crippen molar-refractivity contribution in [2.45, 2.75) is 13.1 Å². The van der Waals surface area contributed by atoms with Gasteiger partial charge in [0, 0.05) is 19.8 Å². The van der Waals surface area contributed by atoms with Crippen molar-refractivity contribution in [2.24, 2.45) is 7.05 Å². The van der Waals surface area contributed by atoms with Gasteiger partial charge >= 0.3 is 6.03 Å². The van der Waals surface area contributed by atoms with E-state index in [4.69, 9.17) is 9.47 Å². The number of amides is 2. The highest BCUT2D eigenvalue weighted by Crippen LogP contribution is 2.27. The van der Waals surface area contributed by atoms with Crippen LogP contribution in [0.4, 0.5) is 4.79 Å². The maximum Gasteiger partial charge on any atom is 0.315 e. The highest BCUT2D eigenvalue weighted by molar-refractivity contribution is 5.73. The minimum absolute atomic E-state index is 0.240. The topological polar surface area (TPSA) is 77.4 Å². The lowest BCUT2D eigenvalue weighted by Gasteiger charge is -2.11. The summed E-state index contributed by atoms with van der Waals surface area (Å²) in [6.45, 7) is 0.825. The van der Waals surface area contributed by atoms with Crippen molar-refractivity contribution < 1.29 is 14.3 Å². The molecule has 2 amide bonds. The molecule has 2 rings (SSSR count). The molecule has 2 aromatic rings. The van der Waals surface area contributed by atoms with Gasteiger partial charge in [0.25, 0.3) is 0 Å². The quantitative estimate of drug-likeness (QED) is 0.846. The lowest BCUT2D eigenvalue weighted by molar-refractivity contribution is 0.240. The Bertz CT molecular complexity index is 639. The summed E-state index contributed by atoms with van der Waals surface area (Å²) in [6.07, 6.45) is 1.69. The molecule has 0 saturated heterocycles. The van der Waals surface area contributed by atoms with E-state index in [0.717, 1.165) is 11.3 Å². The Morgan fingerprint density at radius 1 is 1.14 bits per heavy atom. The van der Waals surface area contributed by atoms with Gasteiger partial charge < -0.3 is 20.1 Å². The molecule has 1 heterocycles. The van der Waals surface area contributed by atoms with E-state index in [2.05, 4.69) is 15.7 Å². The Kier molecular flexibility index (Phi) is 5.24. The van der Waals surface area contributed by atoms with Gasteiger partial charge in [0.2, 0.25) is 0 Å². The highest BCUT2D eigenvalue weighted by atomic mass is 16.5. The van der Waals surface area contributed by atoms with Crippen molar-refractivity contribution in [3.8, 4) is 11.5 Å². The van der Waals surface area contributed by atoms with Gasteiger partial charge in [-0.1, -0.05) is 6.07 Å². The Labute approximate surface area is 129 Å². The highest BCUT2D eigenvalue weighted by Gasteiger charge is 2.06. The Hall–Kier alpha value is -2.70. The lowest BCUT2D eigenvalue weighted by Crippen LogP contribution is -2.35. The molecule has 1 aromatic carbocycles. The molecule has 2 N–H and O–H groups in total. The zero-order valence-electron chi connectivity index (χ0n) is 12.9. The van der Waals surface area contributed by atoms with Gasteiger partial charge in [-0.15, -0.1) is 0 Å². The number of benzene rings is 1. The predicted molar refractivity (Wildman–Crippen MR) is 81.8 cm³/mol. The molecule has 0 unspecified atom stereocenters. The third kappa shape index (κ3) is 3.91. The Morgan fingerprint density at radius 2 is 1.86 bits per heavy atom. The molecule has 7 nitrogen and oxygen atoms in total. The van der Waals surface area contributed by atoms with Gasteiger partial charge in [0.05, 0.1) is 26.5 Å². The van der Waals surface area contributed by atoms with E-state index < -0.39 is 0 Å². The number of hydrogen-bond acceptors (Lipinski definition) is 4. The third-order valence-corrected chi connectivity index (χ3v) is 3.25. The molecule has 0 spiro atoms. The Balaban J connectivity index is 1.84. The first kappa shape index (κ1) is 15.7. The van der Waals surface area contributed by atoms with Crippen molar-refractivity contribution >= 4 is 6.03 Å². The van der Waals surface area contributed by atoms with Crippen LogP contribution in [-0.4, -0.2) is 30.0 Å². The number of carbonyl (C=O) groups excluding carboxylic acids is 1. The maximum atomic E-state index is 11.8. The van der Waals surface area contributed by atoms with Crippen LogP contribution >= 0.6 is 0 Å². The summed E-state index contributed by atoms with van der Waals surface area (Å²) in [5.74, 6) is 1.30. The van der Waals surface area contributed by atoms with E-state index in [0.29, 0.717) is 24.6 Å². The van der Waals surface area contributed by atoms with Gasteiger partial charge in [-0.05, 0) is 23.8 Å². The van der Waals surface area contributed by atoms with Crippen LogP contribution in [0.15, 0.2) is 30.5 Å². The van der Waals surface area contributed by atoms with Gasteiger partial charge in [-0.3, -0.25) is 4.68 Å². The van der Waals surface area contributed by atoms with Gasteiger partial charge in [0.15, 0.2) is 11.5 Å². The zero-order chi connectivity index (χ0) is 15.9. The molecule has 7 heteroatoms. The second-order valence-corrected chi connectivity index (χ2v) is 4.67. The second-order valence-electron chi connectivity index (χ2n) is 4.67. The third-order valence-electron chi connectivity index (χ3n) is 3.25. The summed E-state index contributed by atoms with van der Waals surface area (Å²) in [5.41, 5.74) is 1.86. The number of rotatable bonds is 6. The molecule has 118 valence electrons. The van der Waals surface area contributed by atoms with Gasteiger partial charge in [-0.25, -0.2) is 4.79 Å². The molecule has 0 bridgehead atoms. The van der Waals surface area contributed by atoms with Crippen molar-refractivity contribution in [1.82, 2.24) is 20.4 Å². The van der Waals surface area contributed by atoms with Crippen molar-refractivity contribution in [3.63, 3.8) is 0 Å². The average Bonchev–Trinajstić information content (AvgIpc) is 2.95. The summed E-state index contributed by atoms with van der Waals surface area (Å²) < 4.78 is 12.1. The molecule has 0 fully saturated rings. The van der Waals surface area contributed by atoms with Crippen LogP contribution in [0.2, 0.25) is 0 Å². The van der Waals surface area contributed by atoms with Crippen molar-refractivity contribution in [3.05, 3.63) is 41.7 Å². The number of nitrogens with one attached hydrogen (secondary N) is 2. The fourth-order valence-electron chi connectivity index (χ4n) is 1.98. The normalized spacial score (nSPS) is 10.1. The van der Waals surface area contributed by atoms with Crippen LogP contribution in [0.25, 0.3) is 0 Å². The number of aryl methyl sites for hydroxylation is 1. The fourth-order valence-corrected chi connectivity index (χ4v) is 1.98. The number of methoxy groups -OCH3 is 2. The minimum Gasteiger partial charge on any atom is -0.493 e. The molecule has 0 saturated carbocycles. The maximum absolute atomic E-state index is 11.8. The van der Waals surface area contributed by atoms with Crippen molar-refractivity contribution in [1.29, 1.82) is 0 Å². The number of carbonyl (C=O) groups is 1. The van der Waals surface area contributed by atoms with E-state index >= 15 is 0 Å². The largest absolute Gasteiger partial charge is 0.493 e. The standard InChI is InChI=1S/C15H20N4O3/c1-19-12(6-7-18-19)10-17-15(20)16-9-11-4-5-13(21-2)14(8-11)22-3/h4-8H,9-10H2,1-3H3,(H2,16,17,20). The van der Waals surface area contributed by atoms with E-state index in [-0.39, 0.29) is 6.03 Å². The molecule has 0 aliphatic carbocycles. The molecule has 22 heavy (non-hydrogen) atoms. The molecular weight excluding hydrogens is 284 g/mol. The summed E-state index contributed by atoms with van der Waals surface area (Å²) in [5, 5.41) is 9.62. The first-order valence-corrected chi connectivity index (χ1v) is 6.83. The molecule has 0 aliphatic rings. The van der Waals surface area contributed by atoms with Crippen molar-refractivity contribution in [2.75, 3.05) is 14.2 Å². The molecular formula is C15H20N4O3. The molecule has 0 aliphatic heterocycles. The van der Waals surface area contributed by atoms with E-state index in [1.807, 2.05) is 31.3 Å². The van der Waals surface area contributed by atoms with Crippen LogP contribution in [0.1, 0.15) is 11.3 Å². The number of nitrogens with zero attached hydrogens (tertiary/aromatic N) is 2. The monoisotopic (exact) mass is 304 g/mol. The fraction of sp³-hybridized carbons (Fsp3) is 0.333. The summed E-state index contributed by atoms with van der Waals surface area (Å²) in [7, 11) is 5.00. The first-order chi connectivity index (χ1) is 10.6. The second kappa shape index (κ2) is 7.35.